The van der Waals surface area contributed by atoms with Gasteiger partial charge in [-0.3, -0.25) is 4.84 Å². The van der Waals surface area contributed by atoms with Gasteiger partial charge in [-0.25, -0.2) is 4.79 Å². The Morgan fingerprint density at radius 3 is 2.00 bits per heavy atom. The van der Waals surface area contributed by atoms with E-state index in [-0.39, 0.29) is 0 Å². The molecule has 1 heterocycles. The predicted molar refractivity (Wildman–Crippen MR) is 70.3 cm³/mol. The van der Waals surface area contributed by atoms with Crippen LogP contribution in [0.15, 0.2) is 0 Å². The third-order valence-electron chi connectivity index (χ3n) is 3.72. The van der Waals surface area contributed by atoms with E-state index in [1.165, 1.54) is 7.11 Å². The number of carbonyl (C=O) groups is 2. The van der Waals surface area contributed by atoms with Crippen LogP contribution >= 0.6 is 0 Å². The fourth-order valence-corrected chi connectivity index (χ4v) is 3.08. The summed E-state index contributed by atoms with van der Waals surface area (Å²) in [6.45, 7) is 9.20. The normalized spacial score (nSPS) is 24.1. The summed E-state index contributed by atoms with van der Waals surface area (Å²) in [6, 6.07) is 0. The molecule has 6 heteroatoms. The van der Waals surface area contributed by atoms with Gasteiger partial charge in [0.1, 0.15) is 0 Å². The van der Waals surface area contributed by atoms with Crippen molar-refractivity contribution < 1.29 is 24.3 Å². The molecular formula is C14H24NO5-. The smallest absolute Gasteiger partial charge is 0.336 e. The second kappa shape index (κ2) is 5.69. The average Bonchev–Trinajstić information content (AvgIpc) is 2.31. The topological polar surface area (TPSA) is 78.9 Å². The lowest BCUT2D eigenvalue weighted by Gasteiger charge is -2.54. The third-order valence-corrected chi connectivity index (χ3v) is 3.72. The van der Waals surface area contributed by atoms with Gasteiger partial charge in [0.05, 0.1) is 7.11 Å². The summed E-state index contributed by atoms with van der Waals surface area (Å²) in [5, 5.41) is 12.9. The summed E-state index contributed by atoms with van der Waals surface area (Å²) in [5.41, 5.74) is -1.04. The molecule has 0 spiro atoms. The van der Waals surface area contributed by atoms with Crippen molar-refractivity contribution in [3.8, 4) is 0 Å². The van der Waals surface area contributed by atoms with Gasteiger partial charge in [-0.2, -0.15) is 5.06 Å². The molecule has 116 valence electrons. The molecule has 0 aromatic rings. The Morgan fingerprint density at radius 1 is 1.20 bits per heavy atom. The van der Waals surface area contributed by atoms with E-state index in [9.17, 15) is 14.7 Å². The van der Waals surface area contributed by atoms with E-state index in [1.54, 1.807) is 12.0 Å². The van der Waals surface area contributed by atoms with E-state index in [4.69, 9.17) is 4.84 Å². The van der Waals surface area contributed by atoms with Crippen molar-refractivity contribution in [3.63, 3.8) is 0 Å². The molecule has 0 bridgehead atoms. The van der Waals surface area contributed by atoms with Gasteiger partial charge in [0.2, 0.25) is 0 Å². The van der Waals surface area contributed by atoms with E-state index in [2.05, 4.69) is 4.74 Å². The number of ether oxygens (including phenoxy) is 1. The van der Waals surface area contributed by atoms with E-state index < -0.39 is 35.0 Å². The Hall–Kier alpha value is -1.14. The molecule has 0 aromatic carbocycles. The first-order valence-electron chi connectivity index (χ1n) is 6.77. The quantitative estimate of drug-likeness (QED) is 0.700. The Labute approximate surface area is 120 Å². The lowest BCUT2D eigenvalue weighted by molar-refractivity contribution is -0.332. The van der Waals surface area contributed by atoms with Crippen LogP contribution in [0.4, 0.5) is 0 Å². The molecule has 6 nitrogen and oxygen atoms in total. The van der Waals surface area contributed by atoms with Crippen molar-refractivity contribution in [2.45, 2.75) is 64.6 Å². The van der Waals surface area contributed by atoms with E-state index in [0.717, 1.165) is 0 Å². The van der Waals surface area contributed by atoms with E-state index in [1.807, 2.05) is 27.7 Å². The zero-order valence-electron chi connectivity index (χ0n) is 13.1. The minimum absolute atomic E-state index is 0.409. The maximum atomic E-state index is 11.5. The highest BCUT2D eigenvalue weighted by molar-refractivity contribution is 5.73. The van der Waals surface area contributed by atoms with Crippen molar-refractivity contribution in [2.75, 3.05) is 7.11 Å². The molecule has 0 amide bonds. The molecule has 0 N–H and O–H groups in total. The number of hydroxylamine groups is 2. The SMILES string of the molecule is COC(=O)C(C)ON1C(C)(C)CC(C(=O)[O-])CC1(C)C. The van der Waals surface area contributed by atoms with Crippen molar-refractivity contribution in [1.82, 2.24) is 5.06 Å². The van der Waals surface area contributed by atoms with Crippen LogP contribution in [-0.2, 0) is 19.2 Å². The highest BCUT2D eigenvalue weighted by atomic mass is 16.7. The Balaban J connectivity index is 2.94. The fourth-order valence-electron chi connectivity index (χ4n) is 3.08. The molecule has 1 aliphatic heterocycles. The maximum Gasteiger partial charge on any atom is 0.336 e. The Kier molecular flexibility index (Phi) is 4.82. The van der Waals surface area contributed by atoms with Crippen molar-refractivity contribution >= 4 is 11.9 Å². The number of piperidine rings is 1. The van der Waals surface area contributed by atoms with Crippen LogP contribution in [0.1, 0.15) is 47.5 Å². The second-order valence-corrected chi connectivity index (χ2v) is 6.61. The summed E-state index contributed by atoms with van der Waals surface area (Å²) in [5.74, 6) is -2.02. The van der Waals surface area contributed by atoms with Gasteiger partial charge in [0.15, 0.2) is 6.10 Å². The largest absolute Gasteiger partial charge is 0.550 e. The average molecular weight is 286 g/mol. The van der Waals surface area contributed by atoms with E-state index >= 15 is 0 Å². The zero-order valence-corrected chi connectivity index (χ0v) is 13.1. The molecular weight excluding hydrogens is 262 g/mol. The number of aliphatic carboxylic acids is 1. The van der Waals surface area contributed by atoms with Crippen molar-refractivity contribution in [1.29, 1.82) is 0 Å². The molecule has 20 heavy (non-hydrogen) atoms. The van der Waals surface area contributed by atoms with Gasteiger partial charge in [0.25, 0.3) is 0 Å². The maximum absolute atomic E-state index is 11.5. The lowest BCUT2D eigenvalue weighted by atomic mass is 9.75. The number of methoxy groups -OCH3 is 1. The van der Waals surface area contributed by atoms with E-state index in [0.29, 0.717) is 12.8 Å². The number of hydrogen-bond donors (Lipinski definition) is 0. The highest BCUT2D eigenvalue weighted by Crippen LogP contribution is 2.41. The first kappa shape index (κ1) is 16.9. The summed E-state index contributed by atoms with van der Waals surface area (Å²) in [6.07, 6.45) is 0.0808. The summed E-state index contributed by atoms with van der Waals surface area (Å²) >= 11 is 0. The number of hydrogen-bond acceptors (Lipinski definition) is 6. The van der Waals surface area contributed by atoms with Gasteiger partial charge in [-0.15, -0.1) is 0 Å². The molecule has 0 radical (unpaired) electrons. The van der Waals surface area contributed by atoms with Crippen LogP contribution in [0.2, 0.25) is 0 Å². The number of carboxylic acid groups (broad SMARTS) is 1. The van der Waals surface area contributed by atoms with Gasteiger partial charge in [-0.05, 0) is 47.5 Å². The van der Waals surface area contributed by atoms with Crippen molar-refractivity contribution in [3.05, 3.63) is 0 Å². The van der Waals surface area contributed by atoms with Gasteiger partial charge < -0.3 is 14.6 Å². The molecule has 0 aliphatic carbocycles. The van der Waals surface area contributed by atoms with Gasteiger partial charge in [-0.1, -0.05) is 0 Å². The summed E-state index contributed by atoms with van der Waals surface area (Å²) in [4.78, 5) is 28.4. The van der Waals surface area contributed by atoms with Crippen molar-refractivity contribution in [2.24, 2.45) is 5.92 Å². The Bertz CT molecular complexity index is 373. The van der Waals surface area contributed by atoms with Gasteiger partial charge in [0, 0.05) is 23.0 Å². The number of esters is 1. The molecule has 1 atom stereocenters. The van der Waals surface area contributed by atoms with Crippen LogP contribution in [0, 0.1) is 5.92 Å². The fraction of sp³-hybridized carbons (Fsp3) is 0.857. The molecule has 1 unspecified atom stereocenters. The molecule has 1 rings (SSSR count). The third kappa shape index (κ3) is 3.49. The minimum atomic E-state index is -1.04. The van der Waals surface area contributed by atoms with Gasteiger partial charge >= 0.3 is 5.97 Å². The van der Waals surface area contributed by atoms with Crippen LogP contribution in [0.25, 0.3) is 0 Å². The minimum Gasteiger partial charge on any atom is -0.550 e. The van der Waals surface area contributed by atoms with Crippen LogP contribution in [-0.4, -0.2) is 41.3 Å². The highest BCUT2D eigenvalue weighted by Gasteiger charge is 2.47. The summed E-state index contributed by atoms with van der Waals surface area (Å²) < 4.78 is 4.65. The molecule has 0 aromatic heterocycles. The predicted octanol–water partition coefficient (Wildman–Crippen LogP) is 0.499. The monoisotopic (exact) mass is 286 g/mol. The van der Waals surface area contributed by atoms with Crippen LogP contribution in [0.5, 0.6) is 0 Å². The second-order valence-electron chi connectivity index (χ2n) is 6.61. The number of nitrogens with zero attached hydrogens (tertiary/aromatic N) is 1. The van der Waals surface area contributed by atoms with Crippen LogP contribution in [0.3, 0.4) is 0 Å². The van der Waals surface area contributed by atoms with Crippen LogP contribution < -0.4 is 5.11 Å². The lowest BCUT2D eigenvalue weighted by Crippen LogP contribution is -2.63. The standard InChI is InChI=1S/C14H25NO5/c1-9(12(18)19-6)20-15-13(2,3)7-10(11(16)17)8-14(15,4)5/h9-10H,7-8H2,1-6H3,(H,16,17)/p-1. The summed E-state index contributed by atoms with van der Waals surface area (Å²) in [7, 11) is 1.31. The Morgan fingerprint density at radius 2 is 1.65 bits per heavy atom. The molecule has 0 saturated carbocycles. The number of rotatable bonds is 4. The number of carboxylic acids is 1. The number of carbonyl (C=O) groups excluding carboxylic acids is 2. The first-order chi connectivity index (χ1) is 9.01. The molecule has 1 aliphatic rings. The first-order valence-corrected chi connectivity index (χ1v) is 6.77. The zero-order chi connectivity index (χ0) is 15.7. The molecule has 1 fully saturated rings. The molecule has 1 saturated heterocycles.